The highest BCUT2D eigenvalue weighted by atomic mass is 15.1. The van der Waals surface area contributed by atoms with Crippen molar-refractivity contribution in [3.05, 3.63) is 54.9 Å². The molecule has 0 N–H and O–H groups in total. The van der Waals surface area contributed by atoms with E-state index in [0.29, 0.717) is 0 Å². The maximum absolute atomic E-state index is 2.48. The van der Waals surface area contributed by atoms with E-state index in [9.17, 15) is 0 Å². The van der Waals surface area contributed by atoms with Crippen LogP contribution in [-0.2, 0) is 0 Å². The molecule has 92 valence electrons. The summed E-state index contributed by atoms with van der Waals surface area (Å²) in [6, 6.07) is 14.9. The van der Waals surface area contributed by atoms with Crippen molar-refractivity contribution in [1.29, 1.82) is 0 Å². The quantitative estimate of drug-likeness (QED) is 0.731. The molecule has 1 aliphatic heterocycles. The van der Waals surface area contributed by atoms with Gasteiger partial charge in [-0.3, -0.25) is 0 Å². The van der Waals surface area contributed by atoms with Crippen LogP contribution in [0.15, 0.2) is 54.9 Å². The molecule has 2 heteroatoms. The van der Waals surface area contributed by atoms with Gasteiger partial charge in [0.05, 0.1) is 0 Å². The third-order valence-corrected chi connectivity index (χ3v) is 3.59. The number of hydrogen-bond donors (Lipinski definition) is 0. The largest absolute Gasteiger partial charge is 0.371 e. The van der Waals surface area contributed by atoms with Crippen molar-refractivity contribution in [3.8, 4) is 5.69 Å². The van der Waals surface area contributed by atoms with Gasteiger partial charge in [0, 0.05) is 43.0 Å². The highest BCUT2D eigenvalue weighted by molar-refractivity contribution is 5.44. The summed E-state index contributed by atoms with van der Waals surface area (Å²) in [5.74, 6) is 0. The Bertz CT molecular complexity index is 484. The van der Waals surface area contributed by atoms with Gasteiger partial charge in [-0.15, -0.1) is 0 Å². The van der Waals surface area contributed by atoms with Crippen molar-refractivity contribution in [1.82, 2.24) is 0 Å². The Hall–Kier alpha value is -1.83. The molecular formula is C16H19N2+. The predicted octanol–water partition coefficient (Wildman–Crippen LogP) is 2.95. The van der Waals surface area contributed by atoms with Crippen LogP contribution in [0.4, 0.5) is 5.69 Å². The summed E-state index contributed by atoms with van der Waals surface area (Å²) >= 11 is 0. The average molecular weight is 239 g/mol. The summed E-state index contributed by atoms with van der Waals surface area (Å²) in [5, 5.41) is 0. The summed E-state index contributed by atoms with van der Waals surface area (Å²) in [7, 11) is 0. The summed E-state index contributed by atoms with van der Waals surface area (Å²) in [5.41, 5.74) is 2.56. The predicted molar refractivity (Wildman–Crippen MR) is 74.0 cm³/mol. The van der Waals surface area contributed by atoms with Crippen molar-refractivity contribution in [2.75, 3.05) is 18.0 Å². The highest BCUT2D eigenvalue weighted by Crippen LogP contribution is 2.18. The Labute approximate surface area is 108 Å². The minimum atomic E-state index is 1.20. The molecule has 3 rings (SSSR count). The van der Waals surface area contributed by atoms with Crippen LogP contribution in [0.2, 0.25) is 0 Å². The van der Waals surface area contributed by atoms with Gasteiger partial charge in [-0.1, -0.05) is 18.2 Å². The Morgan fingerprint density at radius 3 is 2.11 bits per heavy atom. The minimum Gasteiger partial charge on any atom is -0.371 e. The van der Waals surface area contributed by atoms with Gasteiger partial charge in [0.15, 0.2) is 12.4 Å². The molecule has 0 atom stereocenters. The summed E-state index contributed by atoms with van der Waals surface area (Å²) in [4.78, 5) is 2.48. The SMILES string of the molecule is c1ccc(-[n+]2ccc(N3CCCCC3)cc2)cc1. The topological polar surface area (TPSA) is 7.12 Å². The Kier molecular flexibility index (Phi) is 3.26. The molecule has 0 amide bonds. The van der Waals surface area contributed by atoms with Crippen molar-refractivity contribution in [3.63, 3.8) is 0 Å². The number of anilines is 1. The second-order valence-corrected chi connectivity index (χ2v) is 4.85. The number of benzene rings is 1. The van der Waals surface area contributed by atoms with Gasteiger partial charge >= 0.3 is 0 Å². The van der Waals surface area contributed by atoms with Crippen LogP contribution in [0.5, 0.6) is 0 Å². The first kappa shape index (κ1) is 11.3. The van der Waals surface area contributed by atoms with E-state index in [0.717, 1.165) is 0 Å². The fourth-order valence-electron chi connectivity index (χ4n) is 2.55. The smallest absolute Gasteiger partial charge is 0.210 e. The van der Waals surface area contributed by atoms with Crippen molar-refractivity contribution in [2.24, 2.45) is 0 Å². The maximum Gasteiger partial charge on any atom is 0.210 e. The molecule has 18 heavy (non-hydrogen) atoms. The lowest BCUT2D eigenvalue weighted by Gasteiger charge is -2.28. The lowest BCUT2D eigenvalue weighted by molar-refractivity contribution is -0.595. The highest BCUT2D eigenvalue weighted by Gasteiger charge is 2.12. The first-order chi connectivity index (χ1) is 8.93. The van der Waals surface area contributed by atoms with E-state index in [-0.39, 0.29) is 0 Å². The zero-order chi connectivity index (χ0) is 12.2. The lowest BCUT2D eigenvalue weighted by atomic mass is 10.1. The molecule has 0 unspecified atom stereocenters. The van der Waals surface area contributed by atoms with Gasteiger partial charge in [-0.2, -0.15) is 4.57 Å². The van der Waals surface area contributed by atoms with Crippen LogP contribution >= 0.6 is 0 Å². The molecule has 0 aliphatic carbocycles. The van der Waals surface area contributed by atoms with E-state index in [2.05, 4.69) is 58.3 Å². The molecule has 0 radical (unpaired) electrons. The molecule has 2 nitrogen and oxygen atoms in total. The second-order valence-electron chi connectivity index (χ2n) is 4.85. The summed E-state index contributed by atoms with van der Waals surface area (Å²) in [6.07, 6.45) is 8.34. The number of pyridine rings is 1. The monoisotopic (exact) mass is 239 g/mol. The van der Waals surface area contributed by atoms with Crippen molar-refractivity contribution < 1.29 is 4.57 Å². The molecule has 2 heterocycles. The number of hydrogen-bond acceptors (Lipinski definition) is 1. The average Bonchev–Trinajstić information content (AvgIpc) is 2.49. The summed E-state index contributed by atoms with van der Waals surface area (Å²) in [6.45, 7) is 2.41. The first-order valence-corrected chi connectivity index (χ1v) is 6.75. The van der Waals surface area contributed by atoms with E-state index in [1.807, 2.05) is 6.07 Å². The molecular weight excluding hydrogens is 220 g/mol. The van der Waals surface area contributed by atoms with E-state index in [1.54, 1.807) is 0 Å². The Morgan fingerprint density at radius 1 is 0.778 bits per heavy atom. The molecule has 1 aromatic heterocycles. The molecule has 1 aliphatic rings. The summed E-state index contributed by atoms with van der Waals surface area (Å²) < 4.78 is 2.16. The van der Waals surface area contributed by atoms with Crippen LogP contribution in [0.25, 0.3) is 5.69 Å². The van der Waals surface area contributed by atoms with Crippen LogP contribution in [0, 0.1) is 0 Å². The zero-order valence-corrected chi connectivity index (χ0v) is 10.6. The minimum absolute atomic E-state index is 1.20. The van der Waals surface area contributed by atoms with Gasteiger partial charge in [-0.25, -0.2) is 0 Å². The van der Waals surface area contributed by atoms with Crippen LogP contribution in [0.3, 0.4) is 0 Å². The van der Waals surface area contributed by atoms with E-state index < -0.39 is 0 Å². The molecule has 2 aromatic rings. The fraction of sp³-hybridized carbons (Fsp3) is 0.312. The number of piperidine rings is 1. The molecule has 0 spiro atoms. The fourth-order valence-corrected chi connectivity index (χ4v) is 2.55. The van der Waals surface area contributed by atoms with Gasteiger partial charge < -0.3 is 4.90 Å². The molecule has 1 aromatic carbocycles. The third kappa shape index (κ3) is 2.37. The van der Waals surface area contributed by atoms with Crippen LogP contribution in [0.1, 0.15) is 19.3 Å². The van der Waals surface area contributed by atoms with Crippen molar-refractivity contribution >= 4 is 5.69 Å². The number of nitrogens with zero attached hydrogens (tertiary/aromatic N) is 2. The van der Waals surface area contributed by atoms with Gasteiger partial charge in [0.1, 0.15) is 0 Å². The molecule has 0 saturated carbocycles. The molecule has 1 fully saturated rings. The normalized spacial score (nSPS) is 15.7. The molecule has 0 bridgehead atoms. The Morgan fingerprint density at radius 2 is 1.44 bits per heavy atom. The van der Waals surface area contributed by atoms with Crippen LogP contribution < -0.4 is 9.47 Å². The standard InChI is InChI=1S/C16H19N2/c1-3-7-15(8-4-1)18-13-9-16(10-14-18)17-11-5-2-6-12-17/h1,3-4,7-10,13-14H,2,5-6,11-12H2/q+1. The van der Waals surface area contributed by atoms with Crippen LogP contribution in [-0.4, -0.2) is 13.1 Å². The lowest BCUT2D eigenvalue weighted by Crippen LogP contribution is -2.32. The zero-order valence-electron chi connectivity index (χ0n) is 10.6. The second kappa shape index (κ2) is 5.21. The van der Waals surface area contributed by atoms with Gasteiger partial charge in [-0.05, 0) is 19.3 Å². The first-order valence-electron chi connectivity index (χ1n) is 6.75. The Balaban J connectivity index is 1.80. The van der Waals surface area contributed by atoms with Gasteiger partial charge in [0.25, 0.3) is 0 Å². The van der Waals surface area contributed by atoms with E-state index in [1.165, 1.54) is 43.7 Å². The van der Waals surface area contributed by atoms with Crippen molar-refractivity contribution in [2.45, 2.75) is 19.3 Å². The number of aromatic nitrogens is 1. The number of rotatable bonds is 2. The van der Waals surface area contributed by atoms with E-state index >= 15 is 0 Å². The molecule has 1 saturated heterocycles. The third-order valence-electron chi connectivity index (χ3n) is 3.59. The van der Waals surface area contributed by atoms with E-state index in [4.69, 9.17) is 0 Å². The van der Waals surface area contributed by atoms with Gasteiger partial charge in [0.2, 0.25) is 5.69 Å². The maximum atomic E-state index is 2.48. The number of para-hydroxylation sites is 1.